The van der Waals surface area contributed by atoms with Crippen molar-refractivity contribution in [2.45, 2.75) is 19.0 Å². The van der Waals surface area contributed by atoms with Crippen LogP contribution in [0.2, 0.25) is 0 Å². The molecule has 4 nitrogen and oxygen atoms in total. The van der Waals surface area contributed by atoms with E-state index >= 15 is 0 Å². The largest absolute Gasteiger partial charge is 0.368 e. The smallest absolute Gasteiger partial charge is 0.235 e. The summed E-state index contributed by atoms with van der Waals surface area (Å²) in [6, 6.07) is 3.74. The van der Waals surface area contributed by atoms with Gasteiger partial charge in [-0.15, -0.1) is 11.3 Å². The van der Waals surface area contributed by atoms with E-state index < -0.39 is 11.9 Å². The molecular formula is C10H17N3OS. The Labute approximate surface area is 93.9 Å². The number of carbonyl (C=O) groups excluding carboxylic acids is 1. The summed E-state index contributed by atoms with van der Waals surface area (Å²) >= 11 is 1.70. The lowest BCUT2D eigenvalue weighted by Crippen LogP contribution is -2.45. The number of nitrogens with two attached hydrogens (primary N) is 2. The molecule has 84 valence electrons. The molecule has 1 heterocycles. The van der Waals surface area contributed by atoms with Crippen molar-refractivity contribution >= 4 is 17.2 Å². The summed E-state index contributed by atoms with van der Waals surface area (Å²) in [5.41, 5.74) is 10.7. The average molecular weight is 227 g/mol. The molecule has 0 aromatic carbocycles. The normalized spacial score (nSPS) is 15.2. The molecule has 0 fully saturated rings. The minimum atomic E-state index is -0.600. The Morgan fingerprint density at radius 1 is 1.67 bits per heavy atom. The predicted octanol–water partition coefficient (Wildman–Crippen LogP) is 0.554. The fourth-order valence-corrected chi connectivity index (χ4v) is 2.15. The SMILES string of the molecule is CC(c1cccs1)N(C)CC(N)C(N)=O. The van der Waals surface area contributed by atoms with Crippen molar-refractivity contribution in [3.8, 4) is 0 Å². The Hall–Kier alpha value is -0.910. The number of hydrogen-bond donors (Lipinski definition) is 2. The Kier molecular flexibility index (Phi) is 4.26. The summed E-state index contributed by atoms with van der Waals surface area (Å²) in [6.45, 7) is 2.56. The van der Waals surface area contributed by atoms with Gasteiger partial charge >= 0.3 is 0 Å². The minimum absolute atomic E-state index is 0.260. The third-order valence-corrected chi connectivity index (χ3v) is 3.51. The van der Waals surface area contributed by atoms with E-state index in [-0.39, 0.29) is 6.04 Å². The third-order valence-electron chi connectivity index (χ3n) is 2.47. The average Bonchev–Trinajstić information content (AvgIpc) is 2.68. The highest BCUT2D eigenvalue weighted by Crippen LogP contribution is 2.22. The molecule has 4 N–H and O–H groups in total. The Morgan fingerprint density at radius 3 is 2.80 bits per heavy atom. The molecule has 0 aliphatic rings. The Bertz CT molecular complexity index is 312. The summed E-state index contributed by atoms with van der Waals surface area (Å²) in [7, 11) is 1.94. The summed E-state index contributed by atoms with van der Waals surface area (Å²) < 4.78 is 0. The molecule has 1 rings (SSSR count). The van der Waals surface area contributed by atoms with Crippen molar-refractivity contribution in [2.75, 3.05) is 13.6 Å². The monoisotopic (exact) mass is 227 g/mol. The van der Waals surface area contributed by atoms with Gasteiger partial charge in [0.15, 0.2) is 0 Å². The van der Waals surface area contributed by atoms with Crippen LogP contribution in [0.1, 0.15) is 17.8 Å². The Morgan fingerprint density at radius 2 is 2.33 bits per heavy atom. The van der Waals surface area contributed by atoms with Gasteiger partial charge in [0.1, 0.15) is 0 Å². The first kappa shape index (κ1) is 12.2. The number of carbonyl (C=O) groups is 1. The summed E-state index contributed by atoms with van der Waals surface area (Å²) in [6.07, 6.45) is 0. The first-order chi connectivity index (χ1) is 7.02. The molecule has 2 atom stereocenters. The van der Waals surface area contributed by atoms with Gasteiger partial charge < -0.3 is 11.5 Å². The molecule has 5 heteroatoms. The first-order valence-corrected chi connectivity index (χ1v) is 5.69. The van der Waals surface area contributed by atoms with Gasteiger partial charge in [0, 0.05) is 17.5 Å². The number of primary amides is 1. The van der Waals surface area contributed by atoms with Crippen LogP contribution in [0.25, 0.3) is 0 Å². The lowest BCUT2D eigenvalue weighted by molar-refractivity contribution is -0.119. The maximum atomic E-state index is 10.8. The number of likely N-dealkylation sites (N-methyl/N-ethyl adjacent to an activating group) is 1. The van der Waals surface area contributed by atoms with Gasteiger partial charge in [-0.1, -0.05) is 6.07 Å². The van der Waals surface area contributed by atoms with Crippen molar-refractivity contribution < 1.29 is 4.79 Å². The lowest BCUT2D eigenvalue weighted by Gasteiger charge is -2.25. The van der Waals surface area contributed by atoms with Crippen LogP contribution in [0.15, 0.2) is 17.5 Å². The second-order valence-corrected chi connectivity index (χ2v) is 4.62. The molecular weight excluding hydrogens is 210 g/mol. The molecule has 0 spiro atoms. The lowest BCUT2D eigenvalue weighted by atomic mass is 10.2. The van der Waals surface area contributed by atoms with Crippen LogP contribution in [-0.2, 0) is 4.79 Å². The number of thiophene rings is 1. The van der Waals surface area contributed by atoms with Crippen molar-refractivity contribution in [1.82, 2.24) is 4.90 Å². The van der Waals surface area contributed by atoms with Crippen LogP contribution in [0, 0.1) is 0 Å². The highest BCUT2D eigenvalue weighted by Gasteiger charge is 2.17. The molecule has 0 radical (unpaired) electrons. The quantitative estimate of drug-likeness (QED) is 0.771. The van der Waals surface area contributed by atoms with Crippen LogP contribution < -0.4 is 11.5 Å². The minimum Gasteiger partial charge on any atom is -0.368 e. The molecule has 15 heavy (non-hydrogen) atoms. The molecule has 0 aliphatic carbocycles. The molecule has 0 saturated heterocycles. The van der Waals surface area contributed by atoms with Crippen LogP contribution in [0.4, 0.5) is 0 Å². The zero-order chi connectivity index (χ0) is 11.4. The molecule has 0 saturated carbocycles. The number of rotatable bonds is 5. The zero-order valence-electron chi connectivity index (χ0n) is 9.01. The second kappa shape index (κ2) is 5.25. The summed E-state index contributed by atoms with van der Waals surface area (Å²) in [4.78, 5) is 14.1. The van der Waals surface area contributed by atoms with Gasteiger partial charge in [0.05, 0.1) is 6.04 Å². The maximum Gasteiger partial charge on any atom is 0.235 e. The van der Waals surface area contributed by atoms with Crippen LogP contribution in [-0.4, -0.2) is 30.4 Å². The summed E-state index contributed by atoms with van der Waals surface area (Å²) in [5, 5.41) is 2.04. The van der Waals surface area contributed by atoms with Crippen LogP contribution in [0.3, 0.4) is 0 Å². The highest BCUT2D eigenvalue weighted by molar-refractivity contribution is 7.10. The van der Waals surface area contributed by atoms with Gasteiger partial charge in [-0.05, 0) is 25.4 Å². The fourth-order valence-electron chi connectivity index (χ4n) is 1.30. The number of amides is 1. The number of nitrogens with zero attached hydrogens (tertiary/aromatic N) is 1. The van der Waals surface area contributed by atoms with Gasteiger partial charge in [-0.3, -0.25) is 9.69 Å². The van der Waals surface area contributed by atoms with Crippen molar-refractivity contribution in [2.24, 2.45) is 11.5 Å². The van der Waals surface area contributed by atoms with Crippen molar-refractivity contribution in [3.05, 3.63) is 22.4 Å². The highest BCUT2D eigenvalue weighted by atomic mass is 32.1. The third kappa shape index (κ3) is 3.30. The van der Waals surface area contributed by atoms with E-state index in [9.17, 15) is 4.79 Å². The van der Waals surface area contributed by atoms with E-state index in [0.29, 0.717) is 6.54 Å². The van der Waals surface area contributed by atoms with E-state index in [1.807, 2.05) is 23.4 Å². The predicted molar refractivity (Wildman–Crippen MR) is 62.5 cm³/mol. The molecule has 0 bridgehead atoms. The summed E-state index contributed by atoms with van der Waals surface area (Å²) in [5.74, 6) is -0.458. The molecule has 1 amide bonds. The molecule has 0 aliphatic heterocycles. The van der Waals surface area contributed by atoms with E-state index in [4.69, 9.17) is 11.5 Å². The van der Waals surface area contributed by atoms with E-state index in [1.165, 1.54) is 4.88 Å². The van der Waals surface area contributed by atoms with Crippen molar-refractivity contribution in [3.63, 3.8) is 0 Å². The maximum absolute atomic E-state index is 10.8. The fraction of sp³-hybridized carbons (Fsp3) is 0.500. The molecule has 1 aromatic rings. The molecule has 1 aromatic heterocycles. The van der Waals surface area contributed by atoms with Gasteiger partial charge in [-0.25, -0.2) is 0 Å². The topological polar surface area (TPSA) is 72.3 Å². The number of hydrogen-bond acceptors (Lipinski definition) is 4. The van der Waals surface area contributed by atoms with Gasteiger partial charge in [-0.2, -0.15) is 0 Å². The van der Waals surface area contributed by atoms with Crippen LogP contribution in [0.5, 0.6) is 0 Å². The first-order valence-electron chi connectivity index (χ1n) is 4.81. The van der Waals surface area contributed by atoms with E-state index in [0.717, 1.165) is 0 Å². The van der Waals surface area contributed by atoms with Crippen molar-refractivity contribution in [1.29, 1.82) is 0 Å². The zero-order valence-corrected chi connectivity index (χ0v) is 9.83. The standard InChI is InChI=1S/C10H17N3OS/c1-7(9-4-3-5-15-9)13(2)6-8(11)10(12)14/h3-5,7-8H,6,11H2,1-2H3,(H2,12,14). The van der Waals surface area contributed by atoms with E-state index in [2.05, 4.69) is 13.0 Å². The van der Waals surface area contributed by atoms with Gasteiger partial charge in [0.25, 0.3) is 0 Å². The Balaban J connectivity index is 2.54. The van der Waals surface area contributed by atoms with Crippen LogP contribution >= 0.6 is 11.3 Å². The van der Waals surface area contributed by atoms with Gasteiger partial charge in [0.2, 0.25) is 5.91 Å². The molecule has 2 unspecified atom stereocenters. The second-order valence-electron chi connectivity index (χ2n) is 3.64. The van der Waals surface area contributed by atoms with E-state index in [1.54, 1.807) is 11.3 Å².